The molecule has 3 nitrogen and oxygen atoms in total. The highest BCUT2D eigenvalue weighted by Crippen LogP contribution is 2.05. The van der Waals surface area contributed by atoms with E-state index in [1.165, 1.54) is 0 Å². The zero-order valence-electron chi connectivity index (χ0n) is 8.32. The quantitative estimate of drug-likeness (QED) is 0.587. The number of aliphatic hydroxyl groups is 2. The molecule has 0 aliphatic rings. The van der Waals surface area contributed by atoms with Gasteiger partial charge in [0.15, 0.2) is 0 Å². The average molecular weight is 175 g/mol. The number of hydrogen-bond donors (Lipinski definition) is 2. The average Bonchev–Trinajstić information content (AvgIpc) is 2.04. The lowest BCUT2D eigenvalue weighted by Crippen LogP contribution is -2.41. The Bertz CT molecular complexity index is 96.7. The van der Waals surface area contributed by atoms with Gasteiger partial charge in [0.25, 0.3) is 0 Å². The molecule has 0 aromatic carbocycles. The Morgan fingerprint density at radius 3 is 2.17 bits per heavy atom. The molecule has 0 saturated heterocycles. The highest BCUT2D eigenvalue weighted by atomic mass is 16.3. The summed E-state index contributed by atoms with van der Waals surface area (Å²) in [6, 6.07) is 0. The minimum absolute atomic E-state index is 0.605. The molecule has 12 heavy (non-hydrogen) atoms. The van der Waals surface area contributed by atoms with Gasteiger partial charge in [-0.2, -0.15) is 0 Å². The van der Waals surface area contributed by atoms with Gasteiger partial charge < -0.3 is 10.2 Å². The van der Waals surface area contributed by atoms with Gasteiger partial charge in [0.1, 0.15) is 6.23 Å². The van der Waals surface area contributed by atoms with Gasteiger partial charge >= 0.3 is 0 Å². The van der Waals surface area contributed by atoms with Crippen molar-refractivity contribution in [3.05, 3.63) is 0 Å². The summed E-state index contributed by atoms with van der Waals surface area (Å²) in [5.41, 5.74) is 0. The highest BCUT2D eigenvalue weighted by molar-refractivity contribution is 4.65. The summed E-state index contributed by atoms with van der Waals surface area (Å²) < 4.78 is 0. The molecule has 0 amide bonds. The molecule has 74 valence electrons. The Kier molecular flexibility index (Phi) is 6.34. The van der Waals surface area contributed by atoms with Crippen LogP contribution in [-0.2, 0) is 0 Å². The maximum absolute atomic E-state index is 9.52. The monoisotopic (exact) mass is 175 g/mol. The minimum atomic E-state index is -0.704. The third kappa shape index (κ3) is 4.04. The van der Waals surface area contributed by atoms with Gasteiger partial charge in [0.05, 0.1) is 6.10 Å². The molecule has 0 heterocycles. The van der Waals surface area contributed by atoms with Crippen molar-refractivity contribution in [1.29, 1.82) is 0 Å². The van der Waals surface area contributed by atoms with Crippen LogP contribution < -0.4 is 0 Å². The Labute approximate surface area is 75.0 Å². The topological polar surface area (TPSA) is 43.7 Å². The second-order valence-corrected chi connectivity index (χ2v) is 3.25. The van der Waals surface area contributed by atoms with Crippen molar-refractivity contribution in [2.24, 2.45) is 0 Å². The summed E-state index contributed by atoms with van der Waals surface area (Å²) in [6.07, 6.45) is 1.25. The van der Waals surface area contributed by atoms with Crippen LogP contribution in [0.4, 0.5) is 0 Å². The van der Waals surface area contributed by atoms with E-state index in [4.69, 9.17) is 0 Å². The predicted octanol–water partition coefficient (Wildman–Crippen LogP) is 0.808. The van der Waals surface area contributed by atoms with Gasteiger partial charge in [-0.3, -0.25) is 4.90 Å². The molecule has 0 saturated carbocycles. The first-order chi connectivity index (χ1) is 5.63. The van der Waals surface area contributed by atoms with Gasteiger partial charge in [-0.15, -0.1) is 0 Å². The normalized spacial score (nSPS) is 16.5. The zero-order valence-corrected chi connectivity index (χ0v) is 8.32. The van der Waals surface area contributed by atoms with E-state index in [0.29, 0.717) is 6.42 Å². The lowest BCUT2D eigenvalue weighted by molar-refractivity contribution is -0.0748. The van der Waals surface area contributed by atoms with E-state index in [1.807, 2.05) is 14.0 Å². The molecule has 3 heteroatoms. The van der Waals surface area contributed by atoms with Crippen LogP contribution in [-0.4, -0.2) is 41.0 Å². The minimum Gasteiger partial charge on any atom is -0.389 e. The third-order valence-corrected chi connectivity index (χ3v) is 1.96. The fourth-order valence-electron chi connectivity index (χ4n) is 1.22. The zero-order chi connectivity index (χ0) is 9.56. The molecular formula is C9H21NO2. The van der Waals surface area contributed by atoms with Crippen molar-refractivity contribution in [2.45, 2.75) is 45.4 Å². The lowest BCUT2D eigenvalue weighted by atomic mass is 10.2. The second-order valence-electron chi connectivity index (χ2n) is 3.25. The molecule has 0 bridgehead atoms. The Hall–Kier alpha value is -0.120. The van der Waals surface area contributed by atoms with E-state index in [0.717, 1.165) is 19.4 Å². The standard InChI is InChI=1S/C9H21NO2/c1-4-6-8(11)9(12)10(3)7-5-2/h8-9,11-12H,4-7H2,1-3H3. The maximum Gasteiger partial charge on any atom is 0.133 e. The van der Waals surface area contributed by atoms with Crippen LogP contribution in [0.5, 0.6) is 0 Å². The van der Waals surface area contributed by atoms with Crippen LogP contribution >= 0.6 is 0 Å². The Morgan fingerprint density at radius 1 is 1.17 bits per heavy atom. The van der Waals surface area contributed by atoms with Gasteiger partial charge in [-0.25, -0.2) is 0 Å². The van der Waals surface area contributed by atoms with Crippen molar-refractivity contribution in [1.82, 2.24) is 4.90 Å². The SMILES string of the molecule is CCCC(O)C(O)N(C)CCC. The van der Waals surface area contributed by atoms with Crippen LogP contribution in [0, 0.1) is 0 Å². The van der Waals surface area contributed by atoms with E-state index in [1.54, 1.807) is 4.90 Å². The van der Waals surface area contributed by atoms with Gasteiger partial charge in [0.2, 0.25) is 0 Å². The third-order valence-electron chi connectivity index (χ3n) is 1.96. The smallest absolute Gasteiger partial charge is 0.133 e. The van der Waals surface area contributed by atoms with Crippen molar-refractivity contribution < 1.29 is 10.2 Å². The first-order valence-electron chi connectivity index (χ1n) is 4.69. The van der Waals surface area contributed by atoms with Gasteiger partial charge in [0, 0.05) is 6.54 Å². The van der Waals surface area contributed by atoms with Crippen molar-refractivity contribution in [3.8, 4) is 0 Å². The number of hydrogen-bond acceptors (Lipinski definition) is 3. The summed E-state index contributed by atoms with van der Waals surface area (Å²) in [4.78, 5) is 1.78. The van der Waals surface area contributed by atoms with E-state index in [2.05, 4.69) is 6.92 Å². The largest absolute Gasteiger partial charge is 0.389 e. The van der Waals surface area contributed by atoms with Crippen molar-refractivity contribution in [2.75, 3.05) is 13.6 Å². The molecule has 0 rings (SSSR count). The molecule has 2 N–H and O–H groups in total. The van der Waals surface area contributed by atoms with E-state index >= 15 is 0 Å². The van der Waals surface area contributed by atoms with Crippen LogP contribution in [0.3, 0.4) is 0 Å². The molecule has 0 aromatic heterocycles. The van der Waals surface area contributed by atoms with E-state index in [9.17, 15) is 10.2 Å². The van der Waals surface area contributed by atoms with E-state index < -0.39 is 12.3 Å². The van der Waals surface area contributed by atoms with E-state index in [-0.39, 0.29) is 0 Å². The fraction of sp³-hybridized carbons (Fsp3) is 1.00. The number of likely N-dealkylation sites (N-methyl/N-ethyl adjacent to an activating group) is 1. The molecule has 0 aliphatic carbocycles. The van der Waals surface area contributed by atoms with Gasteiger partial charge in [-0.1, -0.05) is 20.3 Å². The van der Waals surface area contributed by atoms with Crippen molar-refractivity contribution in [3.63, 3.8) is 0 Å². The first kappa shape index (κ1) is 11.9. The predicted molar refractivity (Wildman–Crippen MR) is 49.8 cm³/mol. The summed E-state index contributed by atoms with van der Waals surface area (Å²) in [6.45, 7) is 4.87. The molecular weight excluding hydrogens is 154 g/mol. The number of rotatable bonds is 6. The van der Waals surface area contributed by atoms with Crippen LogP contribution in [0.1, 0.15) is 33.1 Å². The second kappa shape index (κ2) is 6.40. The first-order valence-corrected chi connectivity index (χ1v) is 4.69. The Balaban J connectivity index is 3.73. The van der Waals surface area contributed by atoms with Crippen molar-refractivity contribution >= 4 is 0 Å². The lowest BCUT2D eigenvalue weighted by Gasteiger charge is -2.26. The summed E-state index contributed by atoms with van der Waals surface area (Å²) in [5, 5.41) is 18.9. The summed E-state index contributed by atoms with van der Waals surface area (Å²) >= 11 is 0. The molecule has 0 radical (unpaired) electrons. The highest BCUT2D eigenvalue weighted by Gasteiger charge is 2.18. The van der Waals surface area contributed by atoms with Crippen LogP contribution in [0.25, 0.3) is 0 Å². The van der Waals surface area contributed by atoms with Gasteiger partial charge in [-0.05, 0) is 19.9 Å². The molecule has 0 aliphatic heterocycles. The molecule has 0 aromatic rings. The maximum atomic E-state index is 9.52. The molecule has 0 fully saturated rings. The Morgan fingerprint density at radius 2 is 1.75 bits per heavy atom. The summed E-state index contributed by atoms with van der Waals surface area (Å²) in [7, 11) is 1.83. The fourth-order valence-corrected chi connectivity index (χ4v) is 1.22. The molecule has 0 spiro atoms. The molecule has 2 unspecified atom stereocenters. The number of nitrogens with zero attached hydrogens (tertiary/aromatic N) is 1. The number of aliphatic hydroxyl groups excluding tert-OH is 2. The summed E-state index contributed by atoms with van der Waals surface area (Å²) in [5.74, 6) is 0. The van der Waals surface area contributed by atoms with Crippen LogP contribution in [0.15, 0.2) is 0 Å². The molecule has 2 atom stereocenters. The van der Waals surface area contributed by atoms with Crippen LogP contribution in [0.2, 0.25) is 0 Å².